The lowest BCUT2D eigenvalue weighted by molar-refractivity contribution is 0.199. The normalized spacial score (nSPS) is 13.1. The van der Waals surface area contributed by atoms with Gasteiger partial charge in [-0.15, -0.1) is 0 Å². The number of hydrogen-bond acceptors (Lipinski definition) is 4. The molecule has 0 aliphatic heterocycles. The summed E-state index contributed by atoms with van der Waals surface area (Å²) in [6.45, 7) is 10.6. The Morgan fingerprint density at radius 3 is 1.44 bits per heavy atom. The van der Waals surface area contributed by atoms with Crippen molar-refractivity contribution in [2.24, 2.45) is 11.8 Å². The minimum atomic E-state index is 0.585. The summed E-state index contributed by atoms with van der Waals surface area (Å²) >= 11 is 3.47. The molecule has 1 aromatic carbocycles. The molecule has 0 radical (unpaired) electrons. The van der Waals surface area contributed by atoms with Crippen molar-refractivity contribution in [3.8, 4) is 33.8 Å². The lowest BCUT2D eigenvalue weighted by Gasteiger charge is -2.22. The Hall–Kier alpha value is -1.78. The topological polar surface area (TPSA) is 18.5 Å². The molecule has 0 saturated carbocycles. The molecule has 0 fully saturated rings. The molecular formula is C30H42O2S2. The van der Waals surface area contributed by atoms with Crippen molar-refractivity contribution < 1.29 is 9.47 Å². The molecule has 2 unspecified atom stereocenters. The number of rotatable bonds is 16. The fourth-order valence-electron chi connectivity index (χ4n) is 4.31. The maximum Gasteiger partial charge on any atom is 0.161 e. The number of hydrogen-bond donors (Lipinski definition) is 0. The minimum absolute atomic E-state index is 0.585. The van der Waals surface area contributed by atoms with Crippen LogP contribution in [0.1, 0.15) is 79.1 Å². The summed E-state index contributed by atoms with van der Waals surface area (Å²) in [5, 5.41) is 8.75. The van der Waals surface area contributed by atoms with E-state index >= 15 is 0 Å². The van der Waals surface area contributed by atoms with Crippen LogP contribution in [0.15, 0.2) is 45.8 Å². The van der Waals surface area contributed by atoms with Crippen LogP contribution in [0.3, 0.4) is 0 Å². The zero-order chi connectivity index (χ0) is 24.2. The van der Waals surface area contributed by atoms with Crippen LogP contribution in [0.5, 0.6) is 11.5 Å². The number of ether oxygens (including phenoxy) is 2. The molecule has 3 rings (SSSR count). The van der Waals surface area contributed by atoms with E-state index < -0.39 is 0 Å². The highest BCUT2D eigenvalue weighted by atomic mass is 32.1. The minimum Gasteiger partial charge on any atom is -0.489 e. The third-order valence-electron chi connectivity index (χ3n) is 6.78. The van der Waals surface area contributed by atoms with Crippen LogP contribution in [0.4, 0.5) is 0 Å². The Labute approximate surface area is 215 Å². The predicted molar refractivity (Wildman–Crippen MR) is 151 cm³/mol. The average molecular weight is 499 g/mol. The Balaban J connectivity index is 1.93. The second kappa shape index (κ2) is 14.6. The second-order valence-corrected chi connectivity index (χ2v) is 10.9. The summed E-state index contributed by atoms with van der Waals surface area (Å²) in [5.74, 6) is 2.95. The summed E-state index contributed by atoms with van der Waals surface area (Å²) in [4.78, 5) is 0. The van der Waals surface area contributed by atoms with E-state index in [1.165, 1.54) is 60.8 Å². The summed E-state index contributed by atoms with van der Waals surface area (Å²) < 4.78 is 13.1. The van der Waals surface area contributed by atoms with Gasteiger partial charge in [0.15, 0.2) is 11.5 Å². The fourth-order valence-corrected chi connectivity index (χ4v) is 5.62. The summed E-state index contributed by atoms with van der Waals surface area (Å²) in [7, 11) is 0. The quantitative estimate of drug-likeness (QED) is 0.195. The van der Waals surface area contributed by atoms with Gasteiger partial charge in [-0.05, 0) is 92.7 Å². The van der Waals surface area contributed by atoms with Gasteiger partial charge in [0.1, 0.15) is 0 Å². The van der Waals surface area contributed by atoms with E-state index in [9.17, 15) is 0 Å². The van der Waals surface area contributed by atoms with E-state index in [1.54, 1.807) is 22.7 Å². The summed E-state index contributed by atoms with van der Waals surface area (Å²) in [6, 6.07) is 8.86. The smallest absolute Gasteiger partial charge is 0.161 e. The first-order chi connectivity index (χ1) is 16.7. The van der Waals surface area contributed by atoms with Crippen molar-refractivity contribution in [3.63, 3.8) is 0 Å². The number of unbranched alkanes of at least 4 members (excludes halogenated alkanes) is 2. The molecule has 0 saturated heterocycles. The highest BCUT2D eigenvalue weighted by Crippen LogP contribution is 2.42. The van der Waals surface area contributed by atoms with Gasteiger partial charge in [0.05, 0.1) is 13.2 Å². The molecule has 0 bridgehead atoms. The van der Waals surface area contributed by atoms with Crippen molar-refractivity contribution in [3.05, 3.63) is 45.8 Å². The molecule has 3 aromatic rings. The van der Waals surface area contributed by atoms with E-state index in [0.717, 1.165) is 37.6 Å². The first-order valence-corrected chi connectivity index (χ1v) is 15.1. The fraction of sp³-hybridized carbons (Fsp3) is 0.533. The first-order valence-electron chi connectivity index (χ1n) is 13.2. The summed E-state index contributed by atoms with van der Waals surface area (Å²) in [6.07, 6.45) is 9.74. The van der Waals surface area contributed by atoms with Gasteiger partial charge in [0.2, 0.25) is 0 Å². The van der Waals surface area contributed by atoms with E-state index in [0.29, 0.717) is 11.8 Å². The lowest BCUT2D eigenvalue weighted by atomic mass is 9.96. The van der Waals surface area contributed by atoms with Crippen LogP contribution in [-0.2, 0) is 0 Å². The van der Waals surface area contributed by atoms with Gasteiger partial charge in [0.25, 0.3) is 0 Å². The zero-order valence-corrected chi connectivity index (χ0v) is 23.1. The molecule has 2 nitrogen and oxygen atoms in total. The SMILES string of the molecule is CCCCC(CC)COc1cc(-c2ccsc2)c(-c2ccsc2)cc1OCC(CC)CCCC. The van der Waals surface area contributed by atoms with Gasteiger partial charge in [-0.25, -0.2) is 0 Å². The lowest BCUT2D eigenvalue weighted by Crippen LogP contribution is -2.14. The molecule has 2 aromatic heterocycles. The van der Waals surface area contributed by atoms with Crippen molar-refractivity contribution in [2.75, 3.05) is 13.2 Å². The maximum absolute atomic E-state index is 6.53. The highest BCUT2D eigenvalue weighted by Gasteiger charge is 2.18. The van der Waals surface area contributed by atoms with Gasteiger partial charge in [0, 0.05) is 0 Å². The van der Waals surface area contributed by atoms with Crippen LogP contribution in [-0.4, -0.2) is 13.2 Å². The van der Waals surface area contributed by atoms with E-state index in [-0.39, 0.29) is 0 Å². The van der Waals surface area contributed by atoms with Crippen molar-refractivity contribution >= 4 is 22.7 Å². The molecule has 0 aliphatic carbocycles. The number of benzene rings is 1. The van der Waals surface area contributed by atoms with Crippen LogP contribution in [0.2, 0.25) is 0 Å². The van der Waals surface area contributed by atoms with Gasteiger partial charge >= 0.3 is 0 Å². The standard InChI is InChI=1S/C30H42O2S2/c1-5-9-11-23(7-3)19-31-29-17-27(25-13-15-33-21-25)28(26-14-16-34-22-26)18-30(29)32-20-24(8-4)12-10-6-2/h13-18,21-24H,5-12,19-20H2,1-4H3. The molecule has 4 heteroatoms. The molecule has 2 heterocycles. The van der Waals surface area contributed by atoms with E-state index in [4.69, 9.17) is 9.47 Å². The second-order valence-electron chi connectivity index (χ2n) is 9.32. The maximum atomic E-state index is 6.53. The van der Waals surface area contributed by atoms with Gasteiger partial charge in [-0.3, -0.25) is 0 Å². The number of thiophene rings is 2. The zero-order valence-electron chi connectivity index (χ0n) is 21.5. The molecule has 2 atom stereocenters. The first kappa shape index (κ1) is 26.8. The van der Waals surface area contributed by atoms with Crippen LogP contribution < -0.4 is 9.47 Å². The van der Waals surface area contributed by atoms with Gasteiger partial charge in [-0.1, -0.05) is 66.2 Å². The molecule has 0 N–H and O–H groups in total. The molecule has 0 aliphatic rings. The van der Waals surface area contributed by atoms with E-state index in [1.807, 2.05) is 0 Å². The molecule has 186 valence electrons. The molecule has 0 spiro atoms. The highest BCUT2D eigenvalue weighted by molar-refractivity contribution is 7.08. The third kappa shape index (κ3) is 7.61. The third-order valence-corrected chi connectivity index (χ3v) is 8.15. The van der Waals surface area contributed by atoms with Crippen LogP contribution in [0.25, 0.3) is 22.3 Å². The van der Waals surface area contributed by atoms with Crippen molar-refractivity contribution in [1.82, 2.24) is 0 Å². The van der Waals surface area contributed by atoms with Crippen LogP contribution >= 0.6 is 22.7 Å². The van der Waals surface area contributed by atoms with Crippen molar-refractivity contribution in [2.45, 2.75) is 79.1 Å². The van der Waals surface area contributed by atoms with E-state index in [2.05, 4.69) is 73.5 Å². The Bertz CT molecular complexity index is 854. The van der Waals surface area contributed by atoms with Gasteiger partial charge in [-0.2, -0.15) is 22.7 Å². The molecule has 34 heavy (non-hydrogen) atoms. The summed E-state index contributed by atoms with van der Waals surface area (Å²) in [5.41, 5.74) is 4.94. The monoisotopic (exact) mass is 498 g/mol. The molecular weight excluding hydrogens is 456 g/mol. The van der Waals surface area contributed by atoms with Crippen LogP contribution in [0, 0.1) is 11.8 Å². The predicted octanol–water partition coefficient (Wildman–Crippen LogP) is 10.3. The Kier molecular flexibility index (Phi) is 11.5. The Morgan fingerprint density at radius 1 is 0.676 bits per heavy atom. The average Bonchev–Trinajstić information content (AvgIpc) is 3.59. The van der Waals surface area contributed by atoms with Crippen molar-refractivity contribution in [1.29, 1.82) is 0 Å². The molecule has 0 amide bonds. The van der Waals surface area contributed by atoms with Gasteiger partial charge < -0.3 is 9.47 Å². The Morgan fingerprint density at radius 2 is 1.12 bits per heavy atom. The largest absolute Gasteiger partial charge is 0.489 e.